The summed E-state index contributed by atoms with van der Waals surface area (Å²) in [5.41, 5.74) is -0.905. The van der Waals surface area contributed by atoms with Gasteiger partial charge in [0.05, 0.1) is 23.1 Å². The Balaban J connectivity index is 3.14. The fourth-order valence-electron chi connectivity index (χ4n) is 1.98. The minimum atomic E-state index is -1.26. The SMILES string of the molecule is CC(C)(C)OC(=O)NC(c1ccc(C#N)cc1)C(C)(C)C(=O)O. The Morgan fingerprint density at radius 3 is 2.09 bits per heavy atom. The van der Waals surface area contributed by atoms with Crippen LogP contribution in [0.1, 0.15) is 51.8 Å². The number of aliphatic carboxylic acids is 1. The third-order valence-corrected chi connectivity index (χ3v) is 3.31. The number of ether oxygens (including phenoxy) is 1. The number of alkyl carbamates (subject to hydrolysis) is 1. The summed E-state index contributed by atoms with van der Waals surface area (Å²) in [5, 5.41) is 21.0. The average Bonchev–Trinajstić information content (AvgIpc) is 2.42. The lowest BCUT2D eigenvalue weighted by Gasteiger charge is -2.32. The first-order chi connectivity index (χ1) is 10.5. The Morgan fingerprint density at radius 1 is 1.17 bits per heavy atom. The van der Waals surface area contributed by atoms with Crippen LogP contribution in [0.4, 0.5) is 4.79 Å². The van der Waals surface area contributed by atoms with Crippen molar-refractivity contribution in [2.45, 2.75) is 46.3 Å². The van der Waals surface area contributed by atoms with Crippen molar-refractivity contribution < 1.29 is 19.4 Å². The third kappa shape index (κ3) is 4.99. The number of rotatable bonds is 4. The number of nitrogens with one attached hydrogen (secondary N) is 1. The maximum Gasteiger partial charge on any atom is 0.408 e. The second-order valence-corrected chi connectivity index (χ2v) is 6.84. The van der Waals surface area contributed by atoms with Crippen LogP contribution in [0.25, 0.3) is 0 Å². The van der Waals surface area contributed by atoms with Crippen molar-refractivity contribution in [1.29, 1.82) is 5.26 Å². The molecule has 1 aromatic rings. The van der Waals surface area contributed by atoms with Gasteiger partial charge in [-0.1, -0.05) is 12.1 Å². The smallest absolute Gasteiger partial charge is 0.408 e. The van der Waals surface area contributed by atoms with E-state index in [1.165, 1.54) is 13.8 Å². The van der Waals surface area contributed by atoms with Crippen molar-refractivity contribution in [3.05, 3.63) is 35.4 Å². The summed E-state index contributed by atoms with van der Waals surface area (Å²) in [6.45, 7) is 8.23. The summed E-state index contributed by atoms with van der Waals surface area (Å²) in [4.78, 5) is 23.6. The molecular weight excluding hydrogens is 296 g/mol. The number of carboxylic acids is 1. The molecule has 0 bridgehead atoms. The number of nitriles is 1. The number of carboxylic acid groups (broad SMARTS) is 1. The maximum absolute atomic E-state index is 12.1. The molecule has 1 rings (SSSR count). The van der Waals surface area contributed by atoms with Crippen molar-refractivity contribution in [3.63, 3.8) is 0 Å². The van der Waals surface area contributed by atoms with Gasteiger partial charge < -0.3 is 15.2 Å². The van der Waals surface area contributed by atoms with E-state index < -0.39 is 29.1 Å². The van der Waals surface area contributed by atoms with Crippen LogP contribution in [0.15, 0.2) is 24.3 Å². The predicted molar refractivity (Wildman–Crippen MR) is 84.7 cm³/mol. The molecule has 0 aliphatic carbocycles. The van der Waals surface area contributed by atoms with Gasteiger partial charge in [0, 0.05) is 0 Å². The van der Waals surface area contributed by atoms with Gasteiger partial charge in [-0.05, 0) is 52.3 Å². The molecule has 1 atom stereocenters. The molecule has 0 heterocycles. The van der Waals surface area contributed by atoms with Crippen LogP contribution in [-0.2, 0) is 9.53 Å². The topological polar surface area (TPSA) is 99.4 Å². The van der Waals surface area contributed by atoms with Gasteiger partial charge in [0.2, 0.25) is 0 Å². The molecule has 0 saturated heterocycles. The fraction of sp³-hybridized carbons (Fsp3) is 0.471. The zero-order chi connectivity index (χ0) is 17.8. The summed E-state index contributed by atoms with van der Waals surface area (Å²) in [7, 11) is 0. The van der Waals surface area contributed by atoms with E-state index in [1.54, 1.807) is 45.0 Å². The van der Waals surface area contributed by atoms with E-state index in [9.17, 15) is 14.7 Å². The number of hydrogen-bond donors (Lipinski definition) is 2. The van der Waals surface area contributed by atoms with Gasteiger partial charge in [-0.3, -0.25) is 4.79 Å². The highest BCUT2D eigenvalue weighted by Gasteiger charge is 2.39. The normalized spacial score (nSPS) is 12.9. The zero-order valence-electron chi connectivity index (χ0n) is 14.0. The van der Waals surface area contributed by atoms with Crippen LogP contribution in [-0.4, -0.2) is 22.8 Å². The quantitative estimate of drug-likeness (QED) is 0.887. The number of hydrogen-bond acceptors (Lipinski definition) is 4. The monoisotopic (exact) mass is 318 g/mol. The van der Waals surface area contributed by atoms with E-state index in [4.69, 9.17) is 10.00 Å². The van der Waals surface area contributed by atoms with Crippen molar-refractivity contribution in [2.75, 3.05) is 0 Å². The number of carbonyl (C=O) groups is 2. The number of nitrogens with zero attached hydrogens (tertiary/aromatic N) is 1. The summed E-state index contributed by atoms with van der Waals surface area (Å²) >= 11 is 0. The molecule has 1 unspecified atom stereocenters. The van der Waals surface area contributed by atoms with E-state index >= 15 is 0 Å². The van der Waals surface area contributed by atoms with E-state index in [0.717, 1.165) is 0 Å². The van der Waals surface area contributed by atoms with Gasteiger partial charge >= 0.3 is 12.1 Å². The van der Waals surface area contributed by atoms with Crippen LogP contribution in [0.3, 0.4) is 0 Å². The summed E-state index contributed by atoms with van der Waals surface area (Å²) in [5.74, 6) is -1.05. The van der Waals surface area contributed by atoms with E-state index in [-0.39, 0.29) is 0 Å². The Bertz CT molecular complexity index is 621. The lowest BCUT2D eigenvalue weighted by Crippen LogP contribution is -2.44. The molecule has 0 aromatic heterocycles. The molecule has 6 heteroatoms. The van der Waals surface area contributed by atoms with Crippen LogP contribution in [0.2, 0.25) is 0 Å². The average molecular weight is 318 g/mol. The molecular formula is C17H22N2O4. The molecule has 124 valence electrons. The molecule has 0 radical (unpaired) electrons. The third-order valence-electron chi connectivity index (χ3n) is 3.31. The van der Waals surface area contributed by atoms with E-state index in [1.807, 2.05) is 6.07 Å². The van der Waals surface area contributed by atoms with Gasteiger partial charge in [-0.15, -0.1) is 0 Å². The van der Waals surface area contributed by atoms with Gasteiger partial charge in [0.15, 0.2) is 0 Å². The van der Waals surface area contributed by atoms with Gasteiger partial charge in [0.25, 0.3) is 0 Å². The first kappa shape index (κ1) is 18.5. The summed E-state index contributed by atoms with van der Waals surface area (Å²) < 4.78 is 5.21. The first-order valence-electron chi connectivity index (χ1n) is 7.20. The number of benzene rings is 1. The standard InChI is InChI=1S/C17H22N2O4/c1-16(2,3)23-15(22)19-13(17(4,5)14(20)21)12-8-6-11(10-18)7-9-12/h6-9,13H,1-5H3,(H,19,22)(H,20,21). The van der Waals surface area contributed by atoms with Gasteiger partial charge in [-0.25, -0.2) is 4.79 Å². The molecule has 0 saturated carbocycles. The van der Waals surface area contributed by atoms with Crippen molar-refractivity contribution in [2.24, 2.45) is 5.41 Å². The van der Waals surface area contributed by atoms with Gasteiger partial charge in [0.1, 0.15) is 5.60 Å². The second-order valence-electron chi connectivity index (χ2n) is 6.84. The molecule has 2 N–H and O–H groups in total. The van der Waals surface area contributed by atoms with Crippen LogP contribution >= 0.6 is 0 Å². The van der Waals surface area contributed by atoms with Crippen molar-refractivity contribution >= 4 is 12.1 Å². The highest BCUT2D eigenvalue weighted by molar-refractivity contribution is 5.77. The Kier molecular flexibility index (Phi) is 5.38. The lowest BCUT2D eigenvalue weighted by molar-refractivity contribution is -0.148. The molecule has 23 heavy (non-hydrogen) atoms. The minimum absolute atomic E-state index is 0.456. The zero-order valence-corrected chi connectivity index (χ0v) is 14.0. The Hall–Kier alpha value is -2.55. The highest BCUT2D eigenvalue weighted by Crippen LogP contribution is 2.34. The molecule has 0 spiro atoms. The molecule has 1 amide bonds. The molecule has 1 aromatic carbocycles. The van der Waals surface area contributed by atoms with Gasteiger partial charge in [-0.2, -0.15) is 5.26 Å². The summed E-state index contributed by atoms with van der Waals surface area (Å²) in [6.07, 6.45) is -0.693. The van der Waals surface area contributed by atoms with Crippen molar-refractivity contribution in [1.82, 2.24) is 5.32 Å². The molecule has 0 fully saturated rings. The number of amides is 1. The largest absolute Gasteiger partial charge is 0.481 e. The van der Waals surface area contributed by atoms with Crippen LogP contribution in [0, 0.1) is 16.7 Å². The molecule has 0 aliphatic rings. The Morgan fingerprint density at radius 2 is 1.70 bits per heavy atom. The van der Waals surface area contributed by atoms with Crippen LogP contribution < -0.4 is 5.32 Å². The fourth-order valence-corrected chi connectivity index (χ4v) is 1.98. The minimum Gasteiger partial charge on any atom is -0.481 e. The first-order valence-corrected chi connectivity index (χ1v) is 7.20. The second kappa shape index (κ2) is 6.69. The Labute approximate surface area is 136 Å². The molecule has 0 aliphatic heterocycles. The van der Waals surface area contributed by atoms with E-state index in [0.29, 0.717) is 11.1 Å². The maximum atomic E-state index is 12.1. The van der Waals surface area contributed by atoms with Crippen LogP contribution in [0.5, 0.6) is 0 Å². The highest BCUT2D eigenvalue weighted by atomic mass is 16.6. The summed E-state index contributed by atoms with van der Waals surface area (Å²) in [6, 6.07) is 7.62. The predicted octanol–water partition coefficient (Wildman–Crippen LogP) is 3.23. The number of carbonyl (C=O) groups excluding carboxylic acids is 1. The lowest BCUT2D eigenvalue weighted by atomic mass is 9.80. The van der Waals surface area contributed by atoms with Crippen molar-refractivity contribution in [3.8, 4) is 6.07 Å². The molecule has 6 nitrogen and oxygen atoms in total. The van der Waals surface area contributed by atoms with E-state index in [2.05, 4.69) is 5.32 Å².